The Kier molecular flexibility index (Phi) is 4.43. The molecule has 1 fully saturated rings. The van der Waals surface area contributed by atoms with Gasteiger partial charge >= 0.3 is 5.97 Å². The minimum atomic E-state index is -0.342. The predicted octanol–water partition coefficient (Wildman–Crippen LogP) is 3.82. The van der Waals surface area contributed by atoms with Crippen LogP contribution in [-0.2, 0) is 4.74 Å². The molecule has 4 nitrogen and oxygen atoms in total. The first-order valence-corrected chi connectivity index (χ1v) is 8.54. The van der Waals surface area contributed by atoms with Crippen molar-refractivity contribution >= 4 is 17.7 Å². The van der Waals surface area contributed by atoms with Crippen LogP contribution in [-0.4, -0.2) is 22.2 Å². The minimum absolute atomic E-state index is 0.294. The fourth-order valence-corrected chi connectivity index (χ4v) is 2.78. The van der Waals surface area contributed by atoms with E-state index < -0.39 is 0 Å². The van der Waals surface area contributed by atoms with Crippen molar-refractivity contribution in [3.05, 3.63) is 53.6 Å². The molecular weight excluding hydrogens is 296 g/mol. The summed E-state index contributed by atoms with van der Waals surface area (Å²) in [4.78, 5) is 22.1. The summed E-state index contributed by atoms with van der Waals surface area (Å²) in [7, 11) is 0. The number of nitrogens with zero attached hydrogens (tertiary/aromatic N) is 2. The second kappa shape index (κ2) is 6.48. The summed E-state index contributed by atoms with van der Waals surface area (Å²) in [6.45, 7) is 1.92. The third kappa shape index (κ3) is 3.30. The van der Waals surface area contributed by atoms with Gasteiger partial charge in [0.05, 0.1) is 5.56 Å². The standard InChI is InChI=1S/C17H18N2O2S/c1-11-4-7-13(22-2)10-14(11)17(20)21-15(12-5-6-12)16-18-8-3-9-19-16/h3-4,7-10,12,15H,5-6H2,1-2H3/t15-/m1/s1. The number of benzene rings is 1. The van der Waals surface area contributed by atoms with Crippen molar-refractivity contribution in [1.82, 2.24) is 9.97 Å². The number of ether oxygens (including phenoxy) is 1. The quantitative estimate of drug-likeness (QED) is 0.620. The van der Waals surface area contributed by atoms with E-state index in [4.69, 9.17) is 4.74 Å². The third-order valence-corrected chi connectivity index (χ3v) is 4.51. The number of esters is 1. The molecule has 0 bridgehead atoms. The lowest BCUT2D eigenvalue weighted by Crippen LogP contribution is -2.16. The SMILES string of the molecule is CSc1ccc(C)c(C(=O)O[C@@H](c2ncccn2)C2CC2)c1. The zero-order valence-corrected chi connectivity index (χ0v) is 13.5. The highest BCUT2D eigenvalue weighted by atomic mass is 32.2. The Morgan fingerprint density at radius 2 is 2.05 bits per heavy atom. The molecule has 1 saturated carbocycles. The first-order chi connectivity index (χ1) is 10.7. The van der Waals surface area contributed by atoms with Crippen LogP contribution in [0.25, 0.3) is 0 Å². The molecule has 0 spiro atoms. The Morgan fingerprint density at radius 1 is 1.32 bits per heavy atom. The maximum atomic E-state index is 12.6. The van der Waals surface area contributed by atoms with Crippen molar-refractivity contribution in [2.45, 2.75) is 30.8 Å². The van der Waals surface area contributed by atoms with Gasteiger partial charge in [-0.25, -0.2) is 14.8 Å². The van der Waals surface area contributed by atoms with Gasteiger partial charge < -0.3 is 4.74 Å². The van der Waals surface area contributed by atoms with E-state index in [-0.39, 0.29) is 12.1 Å². The molecule has 0 aliphatic heterocycles. The highest BCUT2D eigenvalue weighted by Gasteiger charge is 2.37. The molecule has 1 aromatic carbocycles. The van der Waals surface area contributed by atoms with E-state index >= 15 is 0 Å². The number of hydrogen-bond donors (Lipinski definition) is 0. The number of rotatable bonds is 5. The molecule has 0 unspecified atom stereocenters. The molecule has 0 N–H and O–H groups in total. The molecule has 1 aromatic heterocycles. The lowest BCUT2D eigenvalue weighted by molar-refractivity contribution is 0.0217. The van der Waals surface area contributed by atoms with Gasteiger partial charge in [-0.3, -0.25) is 0 Å². The number of carbonyl (C=O) groups is 1. The molecule has 1 atom stereocenters. The van der Waals surface area contributed by atoms with E-state index in [2.05, 4.69) is 9.97 Å². The van der Waals surface area contributed by atoms with E-state index in [1.165, 1.54) is 0 Å². The Labute approximate surface area is 134 Å². The van der Waals surface area contributed by atoms with Crippen molar-refractivity contribution in [2.24, 2.45) is 5.92 Å². The number of aryl methyl sites for hydroxylation is 1. The smallest absolute Gasteiger partial charge is 0.339 e. The summed E-state index contributed by atoms with van der Waals surface area (Å²) in [5.74, 6) is 0.644. The summed E-state index contributed by atoms with van der Waals surface area (Å²) in [5.41, 5.74) is 1.54. The highest BCUT2D eigenvalue weighted by molar-refractivity contribution is 7.98. The van der Waals surface area contributed by atoms with Crippen LogP contribution >= 0.6 is 11.8 Å². The van der Waals surface area contributed by atoms with Crippen molar-refractivity contribution in [3.63, 3.8) is 0 Å². The maximum absolute atomic E-state index is 12.6. The van der Waals surface area contributed by atoms with Gasteiger partial charge in [-0.2, -0.15) is 0 Å². The van der Waals surface area contributed by atoms with Gasteiger partial charge in [0.15, 0.2) is 11.9 Å². The number of hydrogen-bond acceptors (Lipinski definition) is 5. The van der Waals surface area contributed by atoms with Crippen molar-refractivity contribution in [2.75, 3.05) is 6.26 Å². The van der Waals surface area contributed by atoms with Crippen LogP contribution in [0.3, 0.4) is 0 Å². The fourth-order valence-electron chi connectivity index (χ4n) is 2.34. The van der Waals surface area contributed by atoms with E-state index in [1.54, 1.807) is 30.2 Å². The Balaban J connectivity index is 1.83. The molecule has 1 aliphatic rings. The van der Waals surface area contributed by atoms with Crippen molar-refractivity contribution in [1.29, 1.82) is 0 Å². The largest absolute Gasteiger partial charge is 0.450 e. The van der Waals surface area contributed by atoms with Gasteiger partial charge in [0.1, 0.15) is 0 Å². The monoisotopic (exact) mass is 314 g/mol. The molecule has 0 amide bonds. The first kappa shape index (κ1) is 15.0. The van der Waals surface area contributed by atoms with Crippen molar-refractivity contribution < 1.29 is 9.53 Å². The Bertz CT molecular complexity index is 672. The molecule has 22 heavy (non-hydrogen) atoms. The van der Waals surface area contributed by atoms with Gasteiger partial charge in [0.25, 0.3) is 0 Å². The molecule has 0 radical (unpaired) electrons. The topological polar surface area (TPSA) is 52.1 Å². The molecule has 5 heteroatoms. The lowest BCUT2D eigenvalue weighted by atomic mass is 10.1. The number of aromatic nitrogens is 2. The second-order valence-electron chi connectivity index (χ2n) is 5.45. The van der Waals surface area contributed by atoms with E-state index in [1.807, 2.05) is 31.4 Å². The van der Waals surface area contributed by atoms with E-state index in [0.717, 1.165) is 23.3 Å². The Morgan fingerprint density at radius 3 is 2.68 bits per heavy atom. The molecule has 3 rings (SSSR count). The van der Waals surface area contributed by atoms with Crippen LogP contribution in [0.2, 0.25) is 0 Å². The summed E-state index contributed by atoms with van der Waals surface area (Å²) in [6, 6.07) is 7.61. The zero-order chi connectivity index (χ0) is 15.5. The molecule has 2 aromatic rings. The summed E-state index contributed by atoms with van der Waals surface area (Å²) in [6.07, 6.45) is 7.13. The molecular formula is C17H18N2O2S. The van der Waals surface area contributed by atoms with Crippen LogP contribution in [0.5, 0.6) is 0 Å². The molecule has 114 valence electrons. The zero-order valence-electron chi connectivity index (χ0n) is 12.7. The second-order valence-corrected chi connectivity index (χ2v) is 6.33. The van der Waals surface area contributed by atoms with Crippen LogP contribution in [0.4, 0.5) is 0 Å². The van der Waals surface area contributed by atoms with Gasteiger partial charge in [-0.1, -0.05) is 6.07 Å². The summed E-state index contributed by atoms with van der Waals surface area (Å²) >= 11 is 1.61. The summed E-state index contributed by atoms with van der Waals surface area (Å²) in [5, 5.41) is 0. The normalized spacial score (nSPS) is 15.4. The maximum Gasteiger partial charge on any atom is 0.339 e. The van der Waals surface area contributed by atoms with Gasteiger partial charge in [-0.15, -0.1) is 11.8 Å². The van der Waals surface area contributed by atoms with Gasteiger partial charge in [-0.05, 0) is 49.8 Å². The lowest BCUT2D eigenvalue weighted by Gasteiger charge is -2.17. The number of thioether (sulfide) groups is 1. The average molecular weight is 314 g/mol. The van der Waals surface area contributed by atoms with E-state index in [0.29, 0.717) is 17.3 Å². The molecule has 1 heterocycles. The predicted molar refractivity (Wildman–Crippen MR) is 85.9 cm³/mol. The van der Waals surface area contributed by atoms with Crippen LogP contribution in [0.1, 0.15) is 40.7 Å². The number of carbonyl (C=O) groups excluding carboxylic acids is 1. The van der Waals surface area contributed by atoms with E-state index in [9.17, 15) is 4.79 Å². The van der Waals surface area contributed by atoms with Gasteiger partial charge in [0.2, 0.25) is 0 Å². The highest BCUT2D eigenvalue weighted by Crippen LogP contribution is 2.42. The van der Waals surface area contributed by atoms with Gasteiger partial charge in [0, 0.05) is 23.2 Å². The Hall–Kier alpha value is -1.88. The van der Waals surface area contributed by atoms with Crippen LogP contribution in [0, 0.1) is 12.8 Å². The summed E-state index contributed by atoms with van der Waals surface area (Å²) < 4.78 is 5.75. The molecule has 1 aliphatic carbocycles. The van der Waals surface area contributed by atoms with Crippen molar-refractivity contribution in [3.8, 4) is 0 Å². The first-order valence-electron chi connectivity index (χ1n) is 7.31. The minimum Gasteiger partial charge on any atom is -0.450 e. The molecule has 0 saturated heterocycles. The fraction of sp³-hybridized carbons (Fsp3) is 0.353. The average Bonchev–Trinajstić information content (AvgIpc) is 3.38. The van der Waals surface area contributed by atoms with Crippen LogP contribution in [0.15, 0.2) is 41.6 Å². The third-order valence-electron chi connectivity index (χ3n) is 3.79. The van der Waals surface area contributed by atoms with Crippen LogP contribution < -0.4 is 0 Å².